The highest BCUT2D eigenvalue weighted by Gasteiger charge is 2.26. The number of hydrogen-bond acceptors (Lipinski definition) is 5. The Labute approximate surface area is 200 Å². The van der Waals surface area contributed by atoms with Crippen LogP contribution >= 0.6 is 0 Å². The molecule has 0 saturated heterocycles. The molecule has 1 aliphatic heterocycles. The SMILES string of the molecule is COc1ccc(NCc2c(-c3ccc(F)cc3OC)ccc3c2C(C)=CC(C)(C)N3)c(OC)c1. The lowest BCUT2D eigenvalue weighted by atomic mass is 9.85. The fourth-order valence-corrected chi connectivity index (χ4v) is 4.65. The van der Waals surface area contributed by atoms with Crippen LogP contribution in [0.2, 0.25) is 0 Å². The van der Waals surface area contributed by atoms with Crippen molar-refractivity contribution in [2.45, 2.75) is 32.9 Å². The molecule has 0 aliphatic carbocycles. The van der Waals surface area contributed by atoms with Crippen LogP contribution < -0.4 is 24.8 Å². The third kappa shape index (κ3) is 4.53. The second-order valence-electron chi connectivity index (χ2n) is 8.95. The van der Waals surface area contributed by atoms with Crippen molar-refractivity contribution in [1.82, 2.24) is 0 Å². The summed E-state index contributed by atoms with van der Waals surface area (Å²) < 4.78 is 30.4. The summed E-state index contributed by atoms with van der Waals surface area (Å²) in [4.78, 5) is 0. The van der Waals surface area contributed by atoms with Crippen molar-refractivity contribution < 1.29 is 18.6 Å². The molecular formula is C28H31FN2O3. The molecule has 0 spiro atoms. The van der Waals surface area contributed by atoms with Gasteiger partial charge in [-0.3, -0.25) is 0 Å². The van der Waals surface area contributed by atoms with Crippen LogP contribution in [0.1, 0.15) is 31.9 Å². The van der Waals surface area contributed by atoms with Gasteiger partial charge >= 0.3 is 0 Å². The second kappa shape index (κ2) is 9.29. The summed E-state index contributed by atoms with van der Waals surface area (Å²) in [6.07, 6.45) is 2.23. The largest absolute Gasteiger partial charge is 0.497 e. The van der Waals surface area contributed by atoms with Crippen molar-refractivity contribution in [3.63, 3.8) is 0 Å². The Morgan fingerprint density at radius 3 is 2.32 bits per heavy atom. The quantitative estimate of drug-likeness (QED) is 0.407. The Morgan fingerprint density at radius 2 is 1.62 bits per heavy atom. The highest BCUT2D eigenvalue weighted by Crippen LogP contribution is 2.43. The summed E-state index contributed by atoms with van der Waals surface area (Å²) in [5, 5.41) is 7.15. The lowest BCUT2D eigenvalue weighted by Gasteiger charge is -2.33. The third-order valence-electron chi connectivity index (χ3n) is 6.06. The predicted molar refractivity (Wildman–Crippen MR) is 137 cm³/mol. The summed E-state index contributed by atoms with van der Waals surface area (Å²) in [5.41, 5.74) is 6.96. The van der Waals surface area contributed by atoms with Crippen molar-refractivity contribution >= 4 is 16.9 Å². The number of nitrogens with one attached hydrogen (secondary N) is 2. The number of anilines is 2. The van der Waals surface area contributed by atoms with E-state index in [0.29, 0.717) is 18.0 Å². The molecule has 0 saturated carbocycles. The highest BCUT2D eigenvalue weighted by atomic mass is 19.1. The Bertz CT molecular complexity index is 1250. The van der Waals surface area contributed by atoms with E-state index in [2.05, 4.69) is 49.6 Å². The van der Waals surface area contributed by atoms with Gasteiger partial charge in [-0.2, -0.15) is 0 Å². The number of ether oxygens (including phenoxy) is 3. The molecule has 0 fully saturated rings. The van der Waals surface area contributed by atoms with E-state index in [1.165, 1.54) is 17.7 Å². The van der Waals surface area contributed by atoms with Crippen LogP contribution in [0.4, 0.5) is 15.8 Å². The molecule has 5 nitrogen and oxygen atoms in total. The van der Waals surface area contributed by atoms with Gasteiger partial charge in [0, 0.05) is 35.5 Å². The lowest BCUT2D eigenvalue weighted by molar-refractivity contribution is 0.395. The molecule has 1 aliphatic rings. The molecule has 2 N–H and O–H groups in total. The highest BCUT2D eigenvalue weighted by molar-refractivity contribution is 5.88. The summed E-state index contributed by atoms with van der Waals surface area (Å²) in [5.74, 6) is 1.58. The Kier molecular flexibility index (Phi) is 6.42. The van der Waals surface area contributed by atoms with E-state index in [-0.39, 0.29) is 11.4 Å². The monoisotopic (exact) mass is 462 g/mol. The summed E-state index contributed by atoms with van der Waals surface area (Å²) >= 11 is 0. The third-order valence-corrected chi connectivity index (χ3v) is 6.06. The van der Waals surface area contributed by atoms with Gasteiger partial charge in [-0.1, -0.05) is 12.1 Å². The molecule has 4 rings (SSSR count). The maximum absolute atomic E-state index is 14.0. The number of halogens is 1. The molecule has 0 unspecified atom stereocenters. The van der Waals surface area contributed by atoms with E-state index in [9.17, 15) is 4.39 Å². The molecule has 3 aromatic carbocycles. The van der Waals surface area contributed by atoms with Crippen LogP contribution in [0.25, 0.3) is 16.7 Å². The number of fused-ring (bicyclic) bond motifs is 1. The van der Waals surface area contributed by atoms with Gasteiger partial charge in [-0.25, -0.2) is 4.39 Å². The molecule has 1 heterocycles. The van der Waals surface area contributed by atoms with Gasteiger partial charge in [-0.15, -0.1) is 0 Å². The zero-order valence-electron chi connectivity index (χ0n) is 20.5. The molecule has 0 bridgehead atoms. The van der Waals surface area contributed by atoms with Crippen molar-refractivity contribution in [3.8, 4) is 28.4 Å². The van der Waals surface area contributed by atoms with Gasteiger partial charge in [0.1, 0.15) is 23.1 Å². The molecule has 0 atom stereocenters. The summed E-state index contributed by atoms with van der Waals surface area (Å²) in [6.45, 7) is 6.95. The van der Waals surface area contributed by atoms with E-state index < -0.39 is 0 Å². The first-order valence-corrected chi connectivity index (χ1v) is 11.2. The van der Waals surface area contributed by atoms with Gasteiger partial charge in [0.15, 0.2) is 0 Å². The molecule has 0 aromatic heterocycles. The van der Waals surface area contributed by atoms with Crippen LogP contribution in [-0.4, -0.2) is 26.9 Å². The summed E-state index contributed by atoms with van der Waals surface area (Å²) in [7, 11) is 4.83. The van der Waals surface area contributed by atoms with E-state index in [0.717, 1.165) is 39.4 Å². The molecule has 0 amide bonds. The molecule has 3 aromatic rings. The normalized spacial score (nSPS) is 13.9. The van der Waals surface area contributed by atoms with Gasteiger partial charge in [-0.05, 0) is 67.8 Å². The van der Waals surface area contributed by atoms with Crippen LogP contribution in [-0.2, 0) is 6.54 Å². The minimum absolute atomic E-state index is 0.157. The number of rotatable bonds is 7. The van der Waals surface area contributed by atoms with Gasteiger partial charge in [0.25, 0.3) is 0 Å². The van der Waals surface area contributed by atoms with Gasteiger partial charge in [0.2, 0.25) is 0 Å². The van der Waals surface area contributed by atoms with Crippen LogP contribution in [0, 0.1) is 5.82 Å². The maximum atomic E-state index is 14.0. The van der Waals surface area contributed by atoms with Crippen molar-refractivity contribution in [2.24, 2.45) is 0 Å². The van der Waals surface area contributed by atoms with Gasteiger partial charge in [0.05, 0.1) is 32.6 Å². The smallest absolute Gasteiger partial charge is 0.145 e. The number of benzene rings is 3. The van der Waals surface area contributed by atoms with Gasteiger partial charge < -0.3 is 24.8 Å². The standard InChI is InChI=1S/C28H31FN2O3/c1-17-15-28(2,3)31-24-12-10-20(21-9-7-18(29)13-25(21)33-5)22(27(17)24)16-30-23-11-8-19(32-4)14-26(23)34-6/h7-15,30-31H,16H2,1-6H3. The first-order chi connectivity index (χ1) is 16.3. The average molecular weight is 463 g/mol. The minimum Gasteiger partial charge on any atom is -0.497 e. The topological polar surface area (TPSA) is 51.8 Å². The number of hydrogen-bond donors (Lipinski definition) is 2. The van der Waals surface area contributed by atoms with E-state index in [1.807, 2.05) is 18.2 Å². The lowest BCUT2D eigenvalue weighted by Crippen LogP contribution is -2.32. The Balaban J connectivity index is 1.85. The Hall–Kier alpha value is -3.67. The van der Waals surface area contributed by atoms with Crippen molar-refractivity contribution in [2.75, 3.05) is 32.0 Å². The number of methoxy groups -OCH3 is 3. The van der Waals surface area contributed by atoms with E-state index >= 15 is 0 Å². The van der Waals surface area contributed by atoms with Crippen molar-refractivity contribution in [1.29, 1.82) is 0 Å². The molecule has 34 heavy (non-hydrogen) atoms. The maximum Gasteiger partial charge on any atom is 0.145 e. The van der Waals surface area contributed by atoms with Crippen molar-refractivity contribution in [3.05, 3.63) is 71.6 Å². The summed E-state index contributed by atoms with van der Waals surface area (Å²) in [6, 6.07) is 14.5. The van der Waals surface area contributed by atoms with E-state index in [1.54, 1.807) is 27.4 Å². The molecule has 6 heteroatoms. The molecular weight excluding hydrogens is 431 g/mol. The van der Waals surface area contributed by atoms with Crippen LogP contribution in [0.15, 0.2) is 54.6 Å². The number of allylic oxidation sites excluding steroid dienone is 1. The molecule has 178 valence electrons. The first kappa shape index (κ1) is 23.5. The fraction of sp³-hybridized carbons (Fsp3) is 0.286. The van der Waals surface area contributed by atoms with E-state index in [4.69, 9.17) is 14.2 Å². The first-order valence-electron chi connectivity index (χ1n) is 11.2. The van der Waals surface area contributed by atoms with Crippen LogP contribution in [0.3, 0.4) is 0 Å². The Morgan fingerprint density at radius 1 is 0.882 bits per heavy atom. The minimum atomic E-state index is -0.333. The molecule has 0 radical (unpaired) electrons. The zero-order chi connectivity index (χ0) is 24.5. The fourth-order valence-electron chi connectivity index (χ4n) is 4.65. The zero-order valence-corrected chi connectivity index (χ0v) is 20.5. The second-order valence-corrected chi connectivity index (χ2v) is 8.95. The average Bonchev–Trinajstić information content (AvgIpc) is 2.81. The van der Waals surface area contributed by atoms with Crippen LogP contribution in [0.5, 0.6) is 17.2 Å². The predicted octanol–water partition coefficient (Wildman–Crippen LogP) is 6.74.